The Bertz CT molecular complexity index is 541. The van der Waals surface area contributed by atoms with Gasteiger partial charge in [-0.05, 0) is 26.2 Å². The highest BCUT2D eigenvalue weighted by Gasteiger charge is 2.36. The molecular formula is C10H15ClN2O3S2. The lowest BCUT2D eigenvalue weighted by Gasteiger charge is -2.16. The molecule has 1 N–H and O–H groups in total. The van der Waals surface area contributed by atoms with Gasteiger partial charge in [0, 0.05) is 13.1 Å². The second-order valence-electron chi connectivity index (χ2n) is 4.49. The third-order valence-electron chi connectivity index (χ3n) is 3.17. The van der Waals surface area contributed by atoms with Crippen molar-refractivity contribution >= 4 is 33.0 Å². The van der Waals surface area contributed by atoms with Crippen LogP contribution in [0.25, 0.3) is 0 Å². The molecule has 1 aliphatic rings. The zero-order chi connectivity index (χ0) is 13.5. The monoisotopic (exact) mass is 310 g/mol. The van der Waals surface area contributed by atoms with E-state index in [-0.39, 0.29) is 14.6 Å². The van der Waals surface area contributed by atoms with Crippen LogP contribution in [-0.2, 0) is 10.0 Å². The number of halogens is 1. The lowest BCUT2D eigenvalue weighted by molar-refractivity contribution is 0.133. The van der Waals surface area contributed by atoms with Crippen LogP contribution in [0.15, 0.2) is 4.21 Å². The number of aliphatic hydroxyl groups is 1. The Morgan fingerprint density at radius 1 is 1.61 bits per heavy atom. The van der Waals surface area contributed by atoms with Gasteiger partial charge < -0.3 is 5.11 Å². The topological polar surface area (TPSA) is 70.5 Å². The van der Waals surface area contributed by atoms with E-state index in [1.807, 2.05) is 0 Å². The molecule has 2 unspecified atom stereocenters. The highest BCUT2D eigenvalue weighted by atomic mass is 35.5. The number of rotatable bonds is 3. The smallest absolute Gasteiger partial charge is 0.254 e. The fourth-order valence-electron chi connectivity index (χ4n) is 2.07. The van der Waals surface area contributed by atoms with Crippen molar-refractivity contribution in [1.29, 1.82) is 0 Å². The summed E-state index contributed by atoms with van der Waals surface area (Å²) in [7, 11) is -3.52. The van der Waals surface area contributed by atoms with Crippen LogP contribution >= 0.6 is 22.9 Å². The molecule has 102 valence electrons. The summed E-state index contributed by atoms with van der Waals surface area (Å²) < 4.78 is 26.6. The van der Waals surface area contributed by atoms with Crippen LogP contribution in [0.2, 0.25) is 4.47 Å². The standard InChI is InChI=1S/C10H15ClN2O3S2/c1-6-9(17-10(11)12-6)18(15,16)13-4-3-8(5-13)7(2)14/h7-8,14H,3-5H2,1-2H3. The minimum Gasteiger partial charge on any atom is -0.393 e. The molecule has 5 nitrogen and oxygen atoms in total. The maximum Gasteiger partial charge on any atom is 0.254 e. The van der Waals surface area contributed by atoms with Gasteiger partial charge in [0.2, 0.25) is 0 Å². The first-order valence-electron chi connectivity index (χ1n) is 5.63. The summed E-state index contributed by atoms with van der Waals surface area (Å²) >= 11 is 6.72. The van der Waals surface area contributed by atoms with E-state index in [4.69, 9.17) is 11.6 Å². The summed E-state index contributed by atoms with van der Waals surface area (Å²) in [4.78, 5) is 3.93. The van der Waals surface area contributed by atoms with Crippen molar-refractivity contribution in [2.75, 3.05) is 13.1 Å². The van der Waals surface area contributed by atoms with Crippen LogP contribution in [0, 0.1) is 12.8 Å². The van der Waals surface area contributed by atoms with Crippen molar-refractivity contribution in [2.45, 2.75) is 30.6 Å². The van der Waals surface area contributed by atoms with Gasteiger partial charge in [-0.1, -0.05) is 22.9 Å². The van der Waals surface area contributed by atoms with E-state index in [2.05, 4.69) is 4.98 Å². The van der Waals surface area contributed by atoms with E-state index in [1.165, 1.54) is 4.31 Å². The number of aliphatic hydroxyl groups excluding tert-OH is 1. The molecule has 0 bridgehead atoms. The highest BCUT2D eigenvalue weighted by molar-refractivity contribution is 7.91. The van der Waals surface area contributed by atoms with E-state index in [0.717, 1.165) is 11.3 Å². The second-order valence-corrected chi connectivity index (χ2v) is 8.21. The van der Waals surface area contributed by atoms with Crippen LogP contribution in [0.5, 0.6) is 0 Å². The van der Waals surface area contributed by atoms with Gasteiger partial charge in [-0.25, -0.2) is 13.4 Å². The Labute approximate surface area is 115 Å². The summed E-state index contributed by atoms with van der Waals surface area (Å²) in [5, 5.41) is 9.51. The fourth-order valence-corrected chi connectivity index (χ4v) is 5.46. The van der Waals surface area contributed by atoms with Crippen molar-refractivity contribution in [3.63, 3.8) is 0 Å². The summed E-state index contributed by atoms with van der Waals surface area (Å²) in [6.45, 7) is 4.12. The number of hydrogen-bond donors (Lipinski definition) is 1. The van der Waals surface area contributed by atoms with Crippen LogP contribution in [0.4, 0.5) is 0 Å². The molecule has 0 amide bonds. The second kappa shape index (κ2) is 5.05. The van der Waals surface area contributed by atoms with E-state index in [1.54, 1.807) is 13.8 Å². The molecule has 0 aromatic carbocycles. The van der Waals surface area contributed by atoms with Gasteiger partial charge in [-0.2, -0.15) is 4.31 Å². The summed E-state index contributed by atoms with van der Waals surface area (Å²) in [5.41, 5.74) is 0.436. The van der Waals surface area contributed by atoms with Crippen LogP contribution < -0.4 is 0 Å². The van der Waals surface area contributed by atoms with Gasteiger partial charge in [-0.3, -0.25) is 0 Å². The lowest BCUT2D eigenvalue weighted by atomic mass is 10.0. The van der Waals surface area contributed by atoms with E-state index in [9.17, 15) is 13.5 Å². The zero-order valence-corrected chi connectivity index (χ0v) is 12.5. The van der Waals surface area contributed by atoms with Crippen molar-refractivity contribution in [2.24, 2.45) is 5.92 Å². The average Bonchev–Trinajstić information content (AvgIpc) is 2.85. The minimum atomic E-state index is -3.52. The minimum absolute atomic E-state index is 0.00322. The Hall–Kier alpha value is -0.210. The first kappa shape index (κ1) is 14.2. The molecule has 2 rings (SSSR count). The molecule has 2 atom stereocenters. The first-order chi connectivity index (χ1) is 8.32. The number of thiazole rings is 1. The molecule has 1 aromatic heterocycles. The van der Waals surface area contributed by atoms with Crippen LogP contribution in [-0.4, -0.2) is 42.0 Å². The zero-order valence-electron chi connectivity index (χ0n) is 10.1. The molecule has 1 fully saturated rings. The SMILES string of the molecule is Cc1nc(Cl)sc1S(=O)(=O)N1CCC(C(C)O)C1. The number of sulfonamides is 1. The van der Waals surface area contributed by atoms with Gasteiger partial charge in [0.15, 0.2) is 8.68 Å². The van der Waals surface area contributed by atoms with E-state index < -0.39 is 16.1 Å². The van der Waals surface area contributed by atoms with Gasteiger partial charge in [0.25, 0.3) is 10.0 Å². The average molecular weight is 311 g/mol. The summed E-state index contributed by atoms with van der Waals surface area (Å²) in [5.74, 6) is 0.00322. The Balaban J connectivity index is 2.26. The molecule has 18 heavy (non-hydrogen) atoms. The Kier molecular flexibility index (Phi) is 3.99. The molecule has 0 radical (unpaired) electrons. The van der Waals surface area contributed by atoms with Gasteiger partial charge in [0.1, 0.15) is 0 Å². The molecular weight excluding hydrogens is 296 g/mol. The van der Waals surface area contributed by atoms with Crippen LogP contribution in [0.3, 0.4) is 0 Å². The number of aryl methyl sites for hydroxylation is 1. The molecule has 0 spiro atoms. The third kappa shape index (κ3) is 2.55. The number of nitrogens with zero attached hydrogens (tertiary/aromatic N) is 2. The predicted molar refractivity (Wildman–Crippen MR) is 70.4 cm³/mol. The molecule has 1 aromatic rings. The quantitative estimate of drug-likeness (QED) is 0.918. The predicted octanol–water partition coefficient (Wildman–Crippen LogP) is 1.50. The van der Waals surface area contributed by atoms with Crippen LogP contribution in [0.1, 0.15) is 19.0 Å². The highest BCUT2D eigenvalue weighted by Crippen LogP contribution is 2.32. The Morgan fingerprint density at radius 2 is 2.28 bits per heavy atom. The molecule has 0 saturated carbocycles. The largest absolute Gasteiger partial charge is 0.393 e. The van der Waals surface area contributed by atoms with Gasteiger partial charge in [-0.15, -0.1) is 0 Å². The van der Waals surface area contributed by atoms with E-state index >= 15 is 0 Å². The third-order valence-corrected chi connectivity index (χ3v) is 6.89. The normalized spacial score (nSPS) is 23.4. The molecule has 1 aliphatic heterocycles. The number of aromatic nitrogens is 1. The van der Waals surface area contributed by atoms with E-state index in [0.29, 0.717) is 25.2 Å². The molecule has 0 aliphatic carbocycles. The first-order valence-corrected chi connectivity index (χ1v) is 8.27. The van der Waals surface area contributed by atoms with Gasteiger partial charge in [0.05, 0.1) is 11.8 Å². The maximum absolute atomic E-state index is 12.4. The summed E-state index contributed by atoms with van der Waals surface area (Å²) in [6.07, 6.45) is 0.194. The van der Waals surface area contributed by atoms with Gasteiger partial charge >= 0.3 is 0 Å². The maximum atomic E-state index is 12.4. The lowest BCUT2D eigenvalue weighted by Crippen LogP contribution is -2.30. The van der Waals surface area contributed by atoms with Crippen molar-refractivity contribution in [3.05, 3.63) is 10.2 Å². The van der Waals surface area contributed by atoms with Crippen molar-refractivity contribution < 1.29 is 13.5 Å². The fraction of sp³-hybridized carbons (Fsp3) is 0.700. The van der Waals surface area contributed by atoms with Crippen molar-refractivity contribution in [3.8, 4) is 0 Å². The summed E-state index contributed by atoms with van der Waals surface area (Å²) in [6, 6.07) is 0. The molecule has 8 heteroatoms. The molecule has 2 heterocycles. The van der Waals surface area contributed by atoms with Crippen molar-refractivity contribution in [1.82, 2.24) is 9.29 Å². The number of hydrogen-bond acceptors (Lipinski definition) is 5. The molecule has 1 saturated heterocycles. The Morgan fingerprint density at radius 3 is 2.72 bits per heavy atom.